The first kappa shape index (κ1) is 15.2. The number of nitrogens with one attached hydrogen (secondary N) is 1. The fourth-order valence-corrected chi connectivity index (χ4v) is 2.27. The first-order valence-electron chi connectivity index (χ1n) is 7.49. The number of hydrogen-bond acceptors (Lipinski definition) is 1. The molecule has 1 heteroatoms. The van der Waals surface area contributed by atoms with Gasteiger partial charge in [0.05, 0.1) is 0 Å². The zero-order valence-corrected chi connectivity index (χ0v) is 12.5. The molecule has 18 heavy (non-hydrogen) atoms. The van der Waals surface area contributed by atoms with E-state index in [1.165, 1.54) is 24.0 Å². The number of aryl methyl sites for hydroxylation is 1. The molecule has 1 rings (SSSR count). The Hall–Kier alpha value is -0.820. The van der Waals surface area contributed by atoms with E-state index in [0.29, 0.717) is 6.04 Å². The highest BCUT2D eigenvalue weighted by Gasteiger charge is 2.07. The van der Waals surface area contributed by atoms with Crippen molar-refractivity contribution in [2.24, 2.45) is 5.92 Å². The van der Waals surface area contributed by atoms with Gasteiger partial charge in [0.1, 0.15) is 0 Å². The monoisotopic (exact) mass is 247 g/mol. The molecule has 0 saturated heterocycles. The molecule has 0 aromatic heterocycles. The molecule has 0 heterocycles. The Labute approximate surface area is 113 Å². The Morgan fingerprint density at radius 2 is 1.72 bits per heavy atom. The Morgan fingerprint density at radius 1 is 1.06 bits per heavy atom. The molecule has 1 aromatic rings. The van der Waals surface area contributed by atoms with Crippen LogP contribution >= 0.6 is 0 Å². The lowest BCUT2D eigenvalue weighted by Crippen LogP contribution is -2.22. The van der Waals surface area contributed by atoms with Crippen LogP contribution in [0.3, 0.4) is 0 Å². The summed E-state index contributed by atoms with van der Waals surface area (Å²) in [5, 5.41) is 3.68. The lowest BCUT2D eigenvalue weighted by molar-refractivity contribution is 0.473. The molecule has 0 aliphatic carbocycles. The number of hydrogen-bond donors (Lipinski definition) is 1. The molecule has 0 radical (unpaired) electrons. The molecule has 0 aliphatic rings. The third-order valence-corrected chi connectivity index (χ3v) is 3.55. The van der Waals surface area contributed by atoms with Crippen molar-refractivity contribution in [3.05, 3.63) is 35.4 Å². The SMILES string of the molecule is CCc1ccc(C(CC)NCCCC(C)C)cc1. The molecule has 1 atom stereocenters. The first-order chi connectivity index (χ1) is 8.67. The van der Waals surface area contributed by atoms with Crippen LogP contribution in [0.5, 0.6) is 0 Å². The highest BCUT2D eigenvalue weighted by molar-refractivity contribution is 5.24. The van der Waals surface area contributed by atoms with E-state index in [0.717, 1.165) is 25.3 Å². The van der Waals surface area contributed by atoms with Gasteiger partial charge >= 0.3 is 0 Å². The van der Waals surface area contributed by atoms with Crippen LogP contribution in [0.4, 0.5) is 0 Å². The summed E-state index contributed by atoms with van der Waals surface area (Å²) < 4.78 is 0. The van der Waals surface area contributed by atoms with Gasteiger partial charge in [-0.05, 0) is 49.3 Å². The summed E-state index contributed by atoms with van der Waals surface area (Å²) in [7, 11) is 0. The maximum absolute atomic E-state index is 3.68. The molecule has 1 unspecified atom stereocenters. The van der Waals surface area contributed by atoms with E-state index in [9.17, 15) is 0 Å². The van der Waals surface area contributed by atoms with Crippen LogP contribution in [0, 0.1) is 5.92 Å². The van der Waals surface area contributed by atoms with Gasteiger partial charge in [0.2, 0.25) is 0 Å². The van der Waals surface area contributed by atoms with E-state index < -0.39 is 0 Å². The highest BCUT2D eigenvalue weighted by atomic mass is 14.9. The van der Waals surface area contributed by atoms with Crippen molar-refractivity contribution in [2.45, 2.75) is 59.4 Å². The van der Waals surface area contributed by atoms with Crippen molar-refractivity contribution in [3.63, 3.8) is 0 Å². The maximum atomic E-state index is 3.68. The minimum Gasteiger partial charge on any atom is -0.310 e. The van der Waals surface area contributed by atoms with Crippen LogP contribution in [-0.4, -0.2) is 6.54 Å². The van der Waals surface area contributed by atoms with E-state index in [2.05, 4.69) is 57.3 Å². The van der Waals surface area contributed by atoms with Gasteiger partial charge in [-0.2, -0.15) is 0 Å². The van der Waals surface area contributed by atoms with Crippen molar-refractivity contribution in [1.82, 2.24) is 5.32 Å². The Kier molecular flexibility index (Phi) is 7.04. The van der Waals surface area contributed by atoms with Crippen LogP contribution < -0.4 is 5.32 Å². The van der Waals surface area contributed by atoms with Gasteiger partial charge in [-0.3, -0.25) is 0 Å². The van der Waals surface area contributed by atoms with E-state index in [1.54, 1.807) is 0 Å². The quantitative estimate of drug-likeness (QED) is 0.655. The maximum Gasteiger partial charge on any atom is 0.0317 e. The van der Waals surface area contributed by atoms with Crippen molar-refractivity contribution >= 4 is 0 Å². The number of benzene rings is 1. The van der Waals surface area contributed by atoms with E-state index in [-0.39, 0.29) is 0 Å². The summed E-state index contributed by atoms with van der Waals surface area (Å²) in [6.45, 7) is 10.2. The first-order valence-corrected chi connectivity index (χ1v) is 7.49. The normalized spacial score (nSPS) is 12.9. The van der Waals surface area contributed by atoms with E-state index >= 15 is 0 Å². The number of rotatable bonds is 8. The standard InChI is InChI=1S/C17H29N/c1-5-15-9-11-16(12-10-15)17(6-2)18-13-7-8-14(3)4/h9-12,14,17-18H,5-8,13H2,1-4H3. The fourth-order valence-electron chi connectivity index (χ4n) is 2.27. The summed E-state index contributed by atoms with van der Waals surface area (Å²) in [4.78, 5) is 0. The van der Waals surface area contributed by atoms with Gasteiger partial charge in [0.25, 0.3) is 0 Å². The van der Waals surface area contributed by atoms with Gasteiger partial charge in [0, 0.05) is 6.04 Å². The summed E-state index contributed by atoms with van der Waals surface area (Å²) in [5.74, 6) is 0.815. The largest absolute Gasteiger partial charge is 0.310 e. The van der Waals surface area contributed by atoms with Crippen LogP contribution in [-0.2, 0) is 6.42 Å². The van der Waals surface area contributed by atoms with Gasteiger partial charge < -0.3 is 5.32 Å². The average molecular weight is 247 g/mol. The summed E-state index contributed by atoms with van der Waals surface area (Å²) >= 11 is 0. The second-order valence-electron chi connectivity index (χ2n) is 5.55. The molecule has 0 spiro atoms. The Morgan fingerprint density at radius 3 is 2.22 bits per heavy atom. The zero-order chi connectivity index (χ0) is 13.4. The minimum absolute atomic E-state index is 0.517. The highest BCUT2D eigenvalue weighted by Crippen LogP contribution is 2.17. The lowest BCUT2D eigenvalue weighted by atomic mass is 10.0. The van der Waals surface area contributed by atoms with Gasteiger partial charge in [-0.25, -0.2) is 0 Å². The fraction of sp³-hybridized carbons (Fsp3) is 0.647. The van der Waals surface area contributed by atoms with Crippen molar-refractivity contribution in [2.75, 3.05) is 6.54 Å². The van der Waals surface area contributed by atoms with Gasteiger partial charge in [0.15, 0.2) is 0 Å². The molecule has 0 bridgehead atoms. The summed E-state index contributed by atoms with van der Waals surface area (Å²) in [6.07, 6.45) is 4.88. The van der Waals surface area contributed by atoms with Crippen LogP contribution in [0.1, 0.15) is 64.1 Å². The smallest absolute Gasteiger partial charge is 0.0317 e. The van der Waals surface area contributed by atoms with Gasteiger partial charge in [-0.15, -0.1) is 0 Å². The minimum atomic E-state index is 0.517. The van der Waals surface area contributed by atoms with Crippen LogP contribution in [0.15, 0.2) is 24.3 Å². The van der Waals surface area contributed by atoms with Gasteiger partial charge in [-0.1, -0.05) is 52.0 Å². The predicted octanol–water partition coefficient (Wildman–Crippen LogP) is 4.73. The van der Waals surface area contributed by atoms with Crippen molar-refractivity contribution < 1.29 is 0 Å². The third-order valence-electron chi connectivity index (χ3n) is 3.55. The summed E-state index contributed by atoms with van der Waals surface area (Å²) in [6, 6.07) is 9.59. The zero-order valence-electron chi connectivity index (χ0n) is 12.5. The molecule has 1 N–H and O–H groups in total. The van der Waals surface area contributed by atoms with E-state index in [1.807, 2.05) is 0 Å². The molecule has 0 fully saturated rings. The second kappa shape index (κ2) is 8.31. The lowest BCUT2D eigenvalue weighted by Gasteiger charge is -2.18. The Balaban J connectivity index is 2.44. The third kappa shape index (κ3) is 5.22. The molecule has 1 nitrogen and oxygen atoms in total. The molecule has 0 saturated carbocycles. The summed E-state index contributed by atoms with van der Waals surface area (Å²) in [5.41, 5.74) is 2.85. The van der Waals surface area contributed by atoms with E-state index in [4.69, 9.17) is 0 Å². The molecular weight excluding hydrogens is 218 g/mol. The molecule has 0 aliphatic heterocycles. The predicted molar refractivity (Wildman–Crippen MR) is 80.9 cm³/mol. The topological polar surface area (TPSA) is 12.0 Å². The molecular formula is C17H29N. The van der Waals surface area contributed by atoms with Crippen LogP contribution in [0.25, 0.3) is 0 Å². The van der Waals surface area contributed by atoms with Crippen molar-refractivity contribution in [1.29, 1.82) is 0 Å². The molecule has 0 amide bonds. The van der Waals surface area contributed by atoms with Crippen molar-refractivity contribution in [3.8, 4) is 0 Å². The molecule has 102 valence electrons. The molecule has 1 aromatic carbocycles. The van der Waals surface area contributed by atoms with Crippen LogP contribution in [0.2, 0.25) is 0 Å². The Bertz CT molecular complexity index is 313. The second-order valence-corrected chi connectivity index (χ2v) is 5.55. The average Bonchev–Trinajstić information content (AvgIpc) is 2.39.